The van der Waals surface area contributed by atoms with E-state index in [1.54, 1.807) is 0 Å². The van der Waals surface area contributed by atoms with Gasteiger partial charge < -0.3 is 10.0 Å². The van der Waals surface area contributed by atoms with E-state index in [0.717, 1.165) is 32.5 Å². The van der Waals surface area contributed by atoms with Crippen molar-refractivity contribution in [3.63, 3.8) is 0 Å². The van der Waals surface area contributed by atoms with Gasteiger partial charge in [-0.3, -0.25) is 0 Å². The Morgan fingerprint density at radius 1 is 1.62 bits per heavy atom. The van der Waals surface area contributed by atoms with Gasteiger partial charge in [-0.25, -0.2) is 0 Å². The molecule has 0 aromatic carbocycles. The van der Waals surface area contributed by atoms with Crippen molar-refractivity contribution in [3.05, 3.63) is 0 Å². The van der Waals surface area contributed by atoms with Crippen LogP contribution >= 0.6 is 0 Å². The molecule has 2 atom stereocenters. The number of β-amino-alcohol motifs (C(OH)–C–C–N with tert-alkyl or cyclic N) is 1. The minimum atomic E-state index is -0.171. The molecular weight excluding hydrogens is 164 g/mol. The summed E-state index contributed by atoms with van der Waals surface area (Å²) in [7, 11) is 0. The van der Waals surface area contributed by atoms with Crippen LogP contribution in [0.2, 0.25) is 0 Å². The lowest BCUT2D eigenvalue weighted by molar-refractivity contribution is 0.0290. The van der Waals surface area contributed by atoms with Gasteiger partial charge in [0.15, 0.2) is 0 Å². The zero-order valence-electron chi connectivity index (χ0n) is 8.24. The second-order valence-electron chi connectivity index (χ2n) is 3.90. The van der Waals surface area contributed by atoms with Gasteiger partial charge in [0, 0.05) is 13.0 Å². The van der Waals surface area contributed by atoms with Crippen LogP contribution in [0.25, 0.3) is 0 Å². The van der Waals surface area contributed by atoms with Gasteiger partial charge in [0.05, 0.1) is 12.2 Å². The number of rotatable bonds is 3. The van der Waals surface area contributed by atoms with E-state index in [4.69, 9.17) is 5.26 Å². The van der Waals surface area contributed by atoms with E-state index in [1.807, 2.05) is 0 Å². The van der Waals surface area contributed by atoms with E-state index in [-0.39, 0.29) is 6.10 Å². The quantitative estimate of drug-likeness (QED) is 0.662. The molecule has 0 aromatic rings. The average Bonchev–Trinajstić information content (AvgIpc) is 2.12. The Bertz CT molecular complexity index is 188. The predicted octanol–water partition coefficient (Wildman–Crippen LogP) is 0.993. The number of nitrogens with zero attached hydrogens (tertiary/aromatic N) is 2. The van der Waals surface area contributed by atoms with Crippen LogP contribution in [0.5, 0.6) is 0 Å². The highest BCUT2D eigenvalue weighted by molar-refractivity contribution is 4.78. The zero-order chi connectivity index (χ0) is 9.68. The summed E-state index contributed by atoms with van der Waals surface area (Å²) in [5.41, 5.74) is 0. The summed E-state index contributed by atoms with van der Waals surface area (Å²) in [6, 6.07) is 2.14. The van der Waals surface area contributed by atoms with E-state index in [1.165, 1.54) is 0 Å². The summed E-state index contributed by atoms with van der Waals surface area (Å²) in [5.74, 6) is 0.437. The van der Waals surface area contributed by atoms with E-state index in [9.17, 15) is 5.11 Å². The van der Waals surface area contributed by atoms with Gasteiger partial charge in [-0.1, -0.05) is 6.92 Å². The van der Waals surface area contributed by atoms with Crippen LogP contribution < -0.4 is 0 Å². The van der Waals surface area contributed by atoms with Gasteiger partial charge in [0.1, 0.15) is 0 Å². The molecule has 0 unspecified atom stereocenters. The van der Waals surface area contributed by atoms with Crippen molar-refractivity contribution in [3.8, 4) is 6.07 Å². The molecule has 1 aliphatic rings. The van der Waals surface area contributed by atoms with Crippen molar-refractivity contribution < 1.29 is 5.11 Å². The first kappa shape index (κ1) is 10.5. The third-order valence-corrected chi connectivity index (χ3v) is 2.77. The van der Waals surface area contributed by atoms with Gasteiger partial charge in [-0.2, -0.15) is 5.26 Å². The van der Waals surface area contributed by atoms with Crippen LogP contribution in [0, 0.1) is 17.2 Å². The molecule has 1 saturated heterocycles. The maximum absolute atomic E-state index is 9.60. The van der Waals surface area contributed by atoms with Crippen LogP contribution in [0.15, 0.2) is 0 Å². The van der Waals surface area contributed by atoms with E-state index < -0.39 is 0 Å². The summed E-state index contributed by atoms with van der Waals surface area (Å²) in [6.45, 7) is 4.91. The molecule has 1 heterocycles. The average molecular weight is 182 g/mol. The SMILES string of the molecule is C[C@@H]1CCN(CCCC#N)C[C@H]1O. The highest BCUT2D eigenvalue weighted by atomic mass is 16.3. The van der Waals surface area contributed by atoms with Gasteiger partial charge >= 0.3 is 0 Å². The number of nitriles is 1. The molecule has 0 amide bonds. The van der Waals surface area contributed by atoms with Crippen molar-refractivity contribution in [2.24, 2.45) is 5.92 Å². The van der Waals surface area contributed by atoms with Crippen molar-refractivity contribution in [2.45, 2.75) is 32.3 Å². The smallest absolute Gasteiger partial charge is 0.0693 e. The fraction of sp³-hybridized carbons (Fsp3) is 0.900. The van der Waals surface area contributed by atoms with Crippen molar-refractivity contribution >= 4 is 0 Å². The first-order valence-electron chi connectivity index (χ1n) is 5.01. The summed E-state index contributed by atoms with van der Waals surface area (Å²) in [4.78, 5) is 2.25. The van der Waals surface area contributed by atoms with Crippen molar-refractivity contribution in [1.82, 2.24) is 4.90 Å². The van der Waals surface area contributed by atoms with Gasteiger partial charge in [-0.15, -0.1) is 0 Å². The Balaban J connectivity index is 2.18. The minimum absolute atomic E-state index is 0.171. The zero-order valence-corrected chi connectivity index (χ0v) is 8.24. The first-order chi connectivity index (χ1) is 6.24. The number of piperidine rings is 1. The normalized spacial score (nSPS) is 29.9. The standard InChI is InChI=1S/C10H18N2O/c1-9-4-7-12(8-10(9)13)6-3-2-5-11/h9-10,13H,2-4,6-8H2,1H3/t9-,10-/m1/s1. The lowest BCUT2D eigenvalue weighted by atomic mass is 9.96. The van der Waals surface area contributed by atoms with E-state index in [2.05, 4.69) is 17.9 Å². The monoisotopic (exact) mass is 182 g/mol. The van der Waals surface area contributed by atoms with Gasteiger partial charge in [0.25, 0.3) is 0 Å². The number of unbranched alkanes of at least 4 members (excludes halogenated alkanes) is 1. The van der Waals surface area contributed by atoms with Crippen molar-refractivity contribution in [2.75, 3.05) is 19.6 Å². The molecule has 74 valence electrons. The molecule has 0 aliphatic carbocycles. The first-order valence-corrected chi connectivity index (χ1v) is 5.01. The van der Waals surface area contributed by atoms with Crippen LogP contribution in [0.4, 0.5) is 0 Å². The molecule has 1 N–H and O–H groups in total. The molecule has 1 aliphatic heterocycles. The Morgan fingerprint density at radius 3 is 3.00 bits per heavy atom. The lowest BCUT2D eigenvalue weighted by Gasteiger charge is -2.34. The molecule has 0 bridgehead atoms. The Hall–Kier alpha value is -0.590. The summed E-state index contributed by atoms with van der Waals surface area (Å²) in [5, 5.41) is 18.0. The van der Waals surface area contributed by atoms with Crippen molar-refractivity contribution in [1.29, 1.82) is 5.26 Å². The number of aliphatic hydroxyl groups excluding tert-OH is 1. The fourth-order valence-corrected chi connectivity index (χ4v) is 1.70. The van der Waals surface area contributed by atoms with E-state index >= 15 is 0 Å². The summed E-state index contributed by atoms with van der Waals surface area (Å²) < 4.78 is 0. The highest BCUT2D eigenvalue weighted by Crippen LogP contribution is 2.16. The van der Waals surface area contributed by atoms with E-state index in [0.29, 0.717) is 12.3 Å². The van der Waals surface area contributed by atoms with Crippen LogP contribution in [0.3, 0.4) is 0 Å². The van der Waals surface area contributed by atoms with Crippen LogP contribution in [-0.2, 0) is 0 Å². The Labute approximate surface area is 80.0 Å². The maximum atomic E-state index is 9.60. The molecule has 0 aromatic heterocycles. The Kier molecular flexibility index (Phi) is 4.20. The number of aliphatic hydroxyl groups is 1. The topological polar surface area (TPSA) is 47.3 Å². The molecule has 0 spiro atoms. The summed E-state index contributed by atoms with van der Waals surface area (Å²) >= 11 is 0. The molecular formula is C10H18N2O. The maximum Gasteiger partial charge on any atom is 0.0693 e. The number of likely N-dealkylation sites (tertiary alicyclic amines) is 1. The van der Waals surface area contributed by atoms with Crippen LogP contribution in [-0.4, -0.2) is 35.7 Å². The van der Waals surface area contributed by atoms with Crippen LogP contribution in [0.1, 0.15) is 26.2 Å². The largest absolute Gasteiger partial charge is 0.392 e. The third-order valence-electron chi connectivity index (χ3n) is 2.77. The predicted molar refractivity (Wildman–Crippen MR) is 51.1 cm³/mol. The fourth-order valence-electron chi connectivity index (χ4n) is 1.70. The lowest BCUT2D eigenvalue weighted by Crippen LogP contribution is -2.43. The molecule has 13 heavy (non-hydrogen) atoms. The third kappa shape index (κ3) is 3.33. The van der Waals surface area contributed by atoms with Gasteiger partial charge in [0.2, 0.25) is 0 Å². The molecule has 3 nitrogen and oxygen atoms in total. The highest BCUT2D eigenvalue weighted by Gasteiger charge is 2.23. The molecule has 1 fully saturated rings. The molecule has 1 rings (SSSR count). The molecule has 0 saturated carbocycles. The second-order valence-corrected chi connectivity index (χ2v) is 3.90. The summed E-state index contributed by atoms with van der Waals surface area (Å²) in [6.07, 6.45) is 2.46. The minimum Gasteiger partial charge on any atom is -0.392 e. The Morgan fingerprint density at radius 2 is 2.38 bits per heavy atom. The molecule has 3 heteroatoms. The number of hydrogen-bond donors (Lipinski definition) is 1. The molecule has 0 radical (unpaired) electrons. The second kappa shape index (κ2) is 5.21. The van der Waals surface area contributed by atoms with Gasteiger partial charge in [-0.05, 0) is 31.8 Å². The number of hydrogen-bond acceptors (Lipinski definition) is 3.